The maximum Gasteiger partial charge on any atom is 0.200 e. The van der Waals surface area contributed by atoms with Gasteiger partial charge in [-0.05, 0) is 47.2 Å². The molecule has 1 fully saturated rings. The van der Waals surface area contributed by atoms with Crippen LogP contribution in [-0.2, 0) is 0 Å². The summed E-state index contributed by atoms with van der Waals surface area (Å²) in [6, 6.07) is 3.81. The van der Waals surface area contributed by atoms with E-state index in [0.717, 1.165) is 12.4 Å². The van der Waals surface area contributed by atoms with Crippen LogP contribution >= 0.6 is 0 Å². The van der Waals surface area contributed by atoms with Crippen molar-refractivity contribution in [1.29, 1.82) is 0 Å². The Hall–Kier alpha value is -1.72. The van der Waals surface area contributed by atoms with Crippen LogP contribution < -0.4 is 5.32 Å². The standard InChI is InChI=1S/C12H18N6/c1-2-12(7-3-4-8-12)9-13-10-5-6-11-14-16-17-18(11)15-10/h5-6H,2-4,7-9H2,1H3,(H,13,15). The molecule has 0 aromatic carbocycles. The summed E-state index contributed by atoms with van der Waals surface area (Å²) in [5.74, 6) is 0.842. The maximum absolute atomic E-state index is 4.33. The van der Waals surface area contributed by atoms with Gasteiger partial charge in [0.2, 0.25) is 0 Å². The molecular formula is C12H18N6. The average molecular weight is 246 g/mol. The third-order valence-corrected chi connectivity index (χ3v) is 4.13. The maximum atomic E-state index is 4.33. The van der Waals surface area contributed by atoms with Crippen LogP contribution in [0.3, 0.4) is 0 Å². The predicted molar refractivity (Wildman–Crippen MR) is 68.3 cm³/mol. The first-order chi connectivity index (χ1) is 8.81. The number of anilines is 1. The molecule has 1 aliphatic rings. The van der Waals surface area contributed by atoms with E-state index in [0.29, 0.717) is 11.1 Å². The highest BCUT2D eigenvalue weighted by Crippen LogP contribution is 2.40. The SMILES string of the molecule is CCC1(CNc2ccc3nnnn3n2)CCCC1. The van der Waals surface area contributed by atoms with Gasteiger partial charge in [0.05, 0.1) is 0 Å². The van der Waals surface area contributed by atoms with Crippen LogP contribution in [-0.4, -0.2) is 31.8 Å². The highest BCUT2D eigenvalue weighted by molar-refractivity contribution is 5.42. The summed E-state index contributed by atoms with van der Waals surface area (Å²) >= 11 is 0. The van der Waals surface area contributed by atoms with Crippen LogP contribution in [0, 0.1) is 5.41 Å². The number of rotatable bonds is 4. The summed E-state index contributed by atoms with van der Waals surface area (Å²) < 4.78 is 1.45. The second-order valence-electron chi connectivity index (χ2n) is 5.16. The van der Waals surface area contributed by atoms with E-state index in [1.54, 1.807) is 0 Å². The van der Waals surface area contributed by atoms with Crippen molar-refractivity contribution in [1.82, 2.24) is 25.3 Å². The van der Waals surface area contributed by atoms with Gasteiger partial charge in [-0.2, -0.15) is 0 Å². The number of fused-ring (bicyclic) bond motifs is 1. The molecule has 2 aromatic heterocycles. The van der Waals surface area contributed by atoms with Crippen LogP contribution in [0.25, 0.3) is 5.65 Å². The lowest BCUT2D eigenvalue weighted by Gasteiger charge is -2.27. The second-order valence-corrected chi connectivity index (χ2v) is 5.16. The predicted octanol–water partition coefficient (Wildman–Crippen LogP) is 1.90. The molecule has 0 spiro atoms. The lowest BCUT2D eigenvalue weighted by atomic mass is 9.83. The Morgan fingerprint density at radius 3 is 2.94 bits per heavy atom. The fourth-order valence-electron chi connectivity index (χ4n) is 2.80. The molecule has 1 N–H and O–H groups in total. The van der Waals surface area contributed by atoms with Gasteiger partial charge in [-0.25, -0.2) is 0 Å². The summed E-state index contributed by atoms with van der Waals surface area (Å²) in [4.78, 5) is 0. The van der Waals surface area contributed by atoms with Crippen molar-refractivity contribution in [2.75, 3.05) is 11.9 Å². The van der Waals surface area contributed by atoms with Gasteiger partial charge in [-0.15, -0.1) is 14.8 Å². The van der Waals surface area contributed by atoms with E-state index >= 15 is 0 Å². The molecule has 18 heavy (non-hydrogen) atoms. The van der Waals surface area contributed by atoms with Gasteiger partial charge in [-0.3, -0.25) is 0 Å². The molecule has 3 rings (SSSR count). The van der Waals surface area contributed by atoms with E-state index in [2.05, 4.69) is 32.9 Å². The van der Waals surface area contributed by atoms with Gasteiger partial charge in [0.15, 0.2) is 5.65 Å². The number of nitrogens with zero attached hydrogens (tertiary/aromatic N) is 5. The normalized spacial score (nSPS) is 18.3. The minimum absolute atomic E-state index is 0.456. The third-order valence-electron chi connectivity index (χ3n) is 4.13. The molecular weight excluding hydrogens is 228 g/mol. The van der Waals surface area contributed by atoms with Gasteiger partial charge in [0.25, 0.3) is 0 Å². The van der Waals surface area contributed by atoms with Gasteiger partial charge >= 0.3 is 0 Å². The molecule has 0 saturated heterocycles. The van der Waals surface area contributed by atoms with Gasteiger partial charge in [0, 0.05) is 6.54 Å². The van der Waals surface area contributed by atoms with Crippen LogP contribution in [0.4, 0.5) is 5.82 Å². The fourth-order valence-corrected chi connectivity index (χ4v) is 2.80. The molecule has 0 aliphatic heterocycles. The number of hydrogen-bond acceptors (Lipinski definition) is 5. The number of tetrazole rings is 1. The Bertz CT molecular complexity index is 528. The summed E-state index contributed by atoms with van der Waals surface area (Å²) in [6.07, 6.45) is 6.59. The van der Waals surface area contributed by atoms with Gasteiger partial charge in [-0.1, -0.05) is 19.8 Å². The zero-order valence-corrected chi connectivity index (χ0v) is 10.6. The van der Waals surface area contributed by atoms with E-state index in [-0.39, 0.29) is 0 Å². The Labute approximate surface area is 106 Å². The molecule has 1 aliphatic carbocycles. The van der Waals surface area contributed by atoms with Crippen molar-refractivity contribution in [3.05, 3.63) is 12.1 Å². The highest BCUT2D eigenvalue weighted by Gasteiger charge is 2.31. The number of aromatic nitrogens is 5. The zero-order valence-electron chi connectivity index (χ0n) is 10.6. The smallest absolute Gasteiger partial charge is 0.200 e. The Morgan fingerprint density at radius 1 is 1.33 bits per heavy atom. The third kappa shape index (κ3) is 2.02. The Morgan fingerprint density at radius 2 is 2.17 bits per heavy atom. The summed E-state index contributed by atoms with van der Waals surface area (Å²) in [6.45, 7) is 3.27. The van der Waals surface area contributed by atoms with E-state index in [1.807, 2.05) is 12.1 Å². The molecule has 0 unspecified atom stereocenters. The van der Waals surface area contributed by atoms with E-state index in [1.165, 1.54) is 36.7 Å². The highest BCUT2D eigenvalue weighted by atomic mass is 15.6. The lowest BCUT2D eigenvalue weighted by Crippen LogP contribution is -2.26. The van der Waals surface area contributed by atoms with Crippen molar-refractivity contribution in [3.63, 3.8) is 0 Å². The Kier molecular flexibility index (Phi) is 2.85. The largest absolute Gasteiger partial charge is 0.368 e. The van der Waals surface area contributed by atoms with E-state index in [9.17, 15) is 0 Å². The average Bonchev–Trinajstić information content (AvgIpc) is 3.05. The lowest BCUT2D eigenvalue weighted by molar-refractivity contribution is 0.306. The summed E-state index contributed by atoms with van der Waals surface area (Å²) in [5.41, 5.74) is 1.13. The first-order valence-electron chi connectivity index (χ1n) is 6.61. The second kappa shape index (κ2) is 4.51. The monoisotopic (exact) mass is 246 g/mol. The minimum Gasteiger partial charge on any atom is -0.368 e. The molecule has 96 valence electrons. The first kappa shape index (κ1) is 11.4. The van der Waals surface area contributed by atoms with Crippen molar-refractivity contribution >= 4 is 11.5 Å². The Balaban J connectivity index is 1.72. The summed E-state index contributed by atoms with van der Waals surface area (Å²) in [7, 11) is 0. The fraction of sp³-hybridized carbons (Fsp3) is 0.667. The molecule has 2 aromatic rings. The van der Waals surface area contributed by atoms with Crippen molar-refractivity contribution in [2.24, 2.45) is 5.41 Å². The molecule has 2 heterocycles. The molecule has 0 atom stereocenters. The molecule has 6 heteroatoms. The molecule has 1 saturated carbocycles. The van der Waals surface area contributed by atoms with Crippen molar-refractivity contribution < 1.29 is 0 Å². The van der Waals surface area contributed by atoms with E-state index < -0.39 is 0 Å². The minimum atomic E-state index is 0.456. The van der Waals surface area contributed by atoms with Gasteiger partial charge < -0.3 is 5.32 Å². The zero-order chi connectivity index (χ0) is 12.4. The number of hydrogen-bond donors (Lipinski definition) is 1. The van der Waals surface area contributed by atoms with Crippen LogP contribution in [0.1, 0.15) is 39.0 Å². The van der Waals surface area contributed by atoms with Crippen molar-refractivity contribution in [2.45, 2.75) is 39.0 Å². The van der Waals surface area contributed by atoms with Crippen LogP contribution in [0.5, 0.6) is 0 Å². The number of nitrogens with one attached hydrogen (secondary N) is 1. The molecule has 6 nitrogen and oxygen atoms in total. The molecule has 0 bridgehead atoms. The summed E-state index contributed by atoms with van der Waals surface area (Å²) in [5, 5.41) is 19.0. The topological polar surface area (TPSA) is 68.0 Å². The first-order valence-corrected chi connectivity index (χ1v) is 6.61. The van der Waals surface area contributed by atoms with E-state index in [4.69, 9.17) is 0 Å². The molecule has 0 radical (unpaired) electrons. The van der Waals surface area contributed by atoms with Crippen molar-refractivity contribution in [3.8, 4) is 0 Å². The molecule has 0 amide bonds. The van der Waals surface area contributed by atoms with Gasteiger partial charge in [0.1, 0.15) is 5.82 Å². The van der Waals surface area contributed by atoms with Crippen LogP contribution in [0.15, 0.2) is 12.1 Å². The quantitative estimate of drug-likeness (QED) is 0.892. The van der Waals surface area contributed by atoms with Crippen LogP contribution in [0.2, 0.25) is 0 Å².